The first-order valence-electron chi connectivity index (χ1n) is 9.51. The number of thiophene rings is 1. The number of nitrogens with zero attached hydrogens (tertiary/aromatic N) is 1. The average Bonchev–Trinajstić information content (AvgIpc) is 3.16. The Morgan fingerprint density at radius 2 is 2.00 bits per heavy atom. The Hall–Kier alpha value is -2.28. The number of pyridine rings is 1. The summed E-state index contributed by atoms with van der Waals surface area (Å²) in [6.45, 7) is 1.80. The van der Waals surface area contributed by atoms with E-state index >= 15 is 0 Å². The van der Waals surface area contributed by atoms with Crippen molar-refractivity contribution in [1.82, 2.24) is 4.98 Å². The van der Waals surface area contributed by atoms with E-state index < -0.39 is 0 Å². The number of benzene rings is 1. The summed E-state index contributed by atoms with van der Waals surface area (Å²) in [4.78, 5) is 7.40. The molecule has 0 radical (unpaired) electrons. The Morgan fingerprint density at radius 1 is 1.21 bits per heavy atom. The number of aliphatic hydroxyl groups excluding tert-OH is 1. The van der Waals surface area contributed by atoms with Crippen LogP contribution in [-0.2, 0) is 11.2 Å². The molecule has 0 atom stereocenters. The third kappa shape index (κ3) is 4.58. The van der Waals surface area contributed by atoms with E-state index in [9.17, 15) is 0 Å². The van der Waals surface area contributed by atoms with Crippen molar-refractivity contribution in [3.05, 3.63) is 46.8 Å². The van der Waals surface area contributed by atoms with Crippen LogP contribution >= 0.6 is 11.3 Å². The second kappa shape index (κ2) is 9.78. The van der Waals surface area contributed by atoms with Crippen molar-refractivity contribution in [2.45, 2.75) is 19.3 Å². The number of ether oxygens (including phenoxy) is 1. The van der Waals surface area contributed by atoms with Gasteiger partial charge in [0.05, 0.1) is 5.69 Å². The molecule has 0 aliphatic carbocycles. The van der Waals surface area contributed by atoms with Crippen LogP contribution in [0, 0.1) is 11.3 Å². The van der Waals surface area contributed by atoms with Crippen LogP contribution < -0.4 is 5.32 Å². The topological polar surface area (TPSA) is 78.2 Å². The molecule has 1 aliphatic rings. The lowest BCUT2D eigenvalue weighted by Gasteiger charge is -2.21. The predicted octanol–water partition coefficient (Wildman–Crippen LogP) is 4.58. The summed E-state index contributed by atoms with van der Waals surface area (Å²) < 4.78 is 5.47. The lowest BCUT2D eigenvalue weighted by molar-refractivity contribution is 0.0667. The number of hydrogen-bond acceptors (Lipinski definition) is 6. The molecule has 0 saturated carbocycles. The summed E-state index contributed by atoms with van der Waals surface area (Å²) in [6.07, 6.45) is 4.84. The lowest BCUT2D eigenvalue weighted by Crippen LogP contribution is -2.17. The summed E-state index contributed by atoms with van der Waals surface area (Å²) in [5, 5.41) is 19.0. The molecule has 3 heterocycles. The van der Waals surface area contributed by atoms with E-state index in [1.54, 1.807) is 0 Å². The first kappa shape index (κ1) is 20.5. The van der Waals surface area contributed by atoms with Crippen LogP contribution in [0.25, 0.3) is 21.5 Å². The van der Waals surface area contributed by atoms with Crippen LogP contribution in [0.1, 0.15) is 23.3 Å². The van der Waals surface area contributed by atoms with Gasteiger partial charge in [0.2, 0.25) is 0 Å². The quantitative estimate of drug-likeness (QED) is 0.551. The van der Waals surface area contributed by atoms with Crippen LogP contribution in [0.2, 0.25) is 0 Å². The van der Waals surface area contributed by atoms with E-state index in [4.69, 9.17) is 20.2 Å². The van der Waals surface area contributed by atoms with Gasteiger partial charge in [-0.3, -0.25) is 0 Å². The third-order valence-corrected chi connectivity index (χ3v) is 6.10. The summed E-state index contributed by atoms with van der Waals surface area (Å²) in [6, 6.07) is 12.6. The summed E-state index contributed by atoms with van der Waals surface area (Å²) in [7, 11) is 2.87. The van der Waals surface area contributed by atoms with E-state index in [0.717, 1.165) is 72.8 Å². The molecule has 0 spiro atoms. The molecule has 148 valence electrons. The first-order valence-corrected chi connectivity index (χ1v) is 10.3. The van der Waals surface area contributed by atoms with E-state index in [0.29, 0.717) is 0 Å². The molecule has 1 aromatic carbocycles. The standard InChI is InChI=1S/C21H23N3OS.CH4O/c1-23-19-4-2-15(11-17(19)13-22)20-5-3-16-12-18(26-21(16)24-20)10-14-6-8-25-9-7-14;1-2/h2-5,11-14,22-23H,6-10H2,1H3;2H,1H3. The van der Waals surface area contributed by atoms with E-state index in [2.05, 4.69) is 29.6 Å². The van der Waals surface area contributed by atoms with Crippen molar-refractivity contribution in [2.24, 2.45) is 5.92 Å². The highest BCUT2D eigenvalue weighted by Crippen LogP contribution is 2.31. The Labute approximate surface area is 169 Å². The molecule has 2 aromatic heterocycles. The van der Waals surface area contributed by atoms with E-state index in [1.165, 1.54) is 16.5 Å². The molecule has 0 amide bonds. The average molecular weight is 398 g/mol. The van der Waals surface area contributed by atoms with Crippen molar-refractivity contribution >= 4 is 33.5 Å². The van der Waals surface area contributed by atoms with Crippen molar-refractivity contribution in [3.8, 4) is 11.3 Å². The largest absolute Gasteiger partial charge is 0.400 e. The number of hydrogen-bond donors (Lipinski definition) is 3. The smallest absolute Gasteiger partial charge is 0.124 e. The number of nitrogens with one attached hydrogen (secondary N) is 2. The zero-order chi connectivity index (χ0) is 19.9. The van der Waals surface area contributed by atoms with Gasteiger partial charge in [-0.25, -0.2) is 4.98 Å². The molecule has 6 heteroatoms. The van der Waals surface area contributed by atoms with Gasteiger partial charge < -0.3 is 20.6 Å². The molecule has 3 N–H and O–H groups in total. The monoisotopic (exact) mass is 397 g/mol. The van der Waals surface area contributed by atoms with Crippen molar-refractivity contribution < 1.29 is 9.84 Å². The van der Waals surface area contributed by atoms with Gasteiger partial charge >= 0.3 is 0 Å². The Balaban J connectivity index is 0.00000109. The summed E-state index contributed by atoms with van der Waals surface area (Å²) in [5.74, 6) is 0.737. The molecule has 1 aliphatic heterocycles. The molecular weight excluding hydrogens is 370 g/mol. The minimum absolute atomic E-state index is 0.737. The molecule has 0 unspecified atom stereocenters. The van der Waals surface area contributed by atoms with Crippen molar-refractivity contribution in [2.75, 3.05) is 32.7 Å². The second-order valence-corrected chi connectivity index (χ2v) is 7.88. The fourth-order valence-electron chi connectivity index (χ4n) is 3.54. The van der Waals surface area contributed by atoms with Gasteiger partial charge in [-0.2, -0.15) is 0 Å². The molecular formula is C22H27N3O2S. The van der Waals surface area contributed by atoms with Gasteiger partial charge in [-0.1, -0.05) is 6.07 Å². The van der Waals surface area contributed by atoms with Crippen LogP contribution in [-0.4, -0.2) is 43.7 Å². The Bertz CT molecular complexity index is 933. The zero-order valence-electron chi connectivity index (χ0n) is 16.4. The second-order valence-electron chi connectivity index (χ2n) is 6.76. The van der Waals surface area contributed by atoms with Crippen molar-refractivity contribution in [1.29, 1.82) is 5.41 Å². The van der Waals surface area contributed by atoms with Crippen LogP contribution in [0.4, 0.5) is 5.69 Å². The first-order chi connectivity index (χ1) is 13.8. The predicted molar refractivity (Wildman–Crippen MR) is 118 cm³/mol. The zero-order valence-corrected chi connectivity index (χ0v) is 17.2. The fraction of sp³-hybridized carbons (Fsp3) is 0.364. The molecule has 0 bridgehead atoms. The minimum Gasteiger partial charge on any atom is -0.400 e. The number of fused-ring (bicyclic) bond motifs is 1. The van der Waals surface area contributed by atoms with Gasteiger partial charge in [0.15, 0.2) is 0 Å². The number of anilines is 1. The molecule has 3 aromatic rings. The highest BCUT2D eigenvalue weighted by atomic mass is 32.1. The molecule has 1 fully saturated rings. The van der Waals surface area contributed by atoms with Gasteiger partial charge in [0.1, 0.15) is 4.83 Å². The van der Waals surface area contributed by atoms with Crippen molar-refractivity contribution in [3.63, 3.8) is 0 Å². The third-order valence-electron chi connectivity index (χ3n) is 5.04. The number of aliphatic hydroxyl groups is 1. The van der Waals surface area contributed by atoms with Gasteiger partial charge in [-0.15, -0.1) is 11.3 Å². The van der Waals surface area contributed by atoms with Gasteiger partial charge in [0, 0.05) is 60.7 Å². The highest BCUT2D eigenvalue weighted by molar-refractivity contribution is 7.18. The maximum absolute atomic E-state index is 7.61. The summed E-state index contributed by atoms with van der Waals surface area (Å²) in [5.41, 5.74) is 3.84. The molecule has 28 heavy (non-hydrogen) atoms. The summed E-state index contributed by atoms with van der Waals surface area (Å²) >= 11 is 1.81. The SMILES string of the molecule is CNc1ccc(-c2ccc3cc(CC4CCOCC4)sc3n2)cc1C=N.CO. The maximum atomic E-state index is 7.61. The lowest BCUT2D eigenvalue weighted by atomic mass is 9.96. The Morgan fingerprint density at radius 3 is 2.71 bits per heavy atom. The normalized spacial score (nSPS) is 14.4. The van der Waals surface area contributed by atoms with Crippen LogP contribution in [0.15, 0.2) is 36.4 Å². The number of rotatable bonds is 5. The molecule has 4 rings (SSSR count). The van der Waals surface area contributed by atoms with Gasteiger partial charge in [-0.05, 0) is 55.5 Å². The minimum atomic E-state index is 0.737. The Kier molecular flexibility index (Phi) is 7.14. The molecule has 5 nitrogen and oxygen atoms in total. The van der Waals surface area contributed by atoms with E-state index in [-0.39, 0.29) is 0 Å². The van der Waals surface area contributed by atoms with Crippen LogP contribution in [0.5, 0.6) is 0 Å². The number of aromatic nitrogens is 1. The van der Waals surface area contributed by atoms with Crippen LogP contribution in [0.3, 0.4) is 0 Å². The maximum Gasteiger partial charge on any atom is 0.124 e. The van der Waals surface area contributed by atoms with Gasteiger partial charge in [0.25, 0.3) is 0 Å². The highest BCUT2D eigenvalue weighted by Gasteiger charge is 2.16. The van der Waals surface area contributed by atoms with E-state index in [1.807, 2.05) is 30.5 Å². The fourth-order valence-corrected chi connectivity index (χ4v) is 4.68. The molecule has 1 saturated heterocycles.